The van der Waals surface area contributed by atoms with E-state index in [1.54, 1.807) is 0 Å². The van der Waals surface area contributed by atoms with Gasteiger partial charge in [0.15, 0.2) is 11.5 Å². The standard InChI is InChI=1S/C12H6ClNO3S/c13-7-3-1-2-6-4-10(18-11(6)7)9-5-8(12(15)16)14-17-9/h1-5H,(H,15,16). The Labute approximate surface area is 110 Å². The first-order valence-corrected chi connectivity index (χ1v) is 6.23. The molecule has 4 nitrogen and oxygen atoms in total. The SMILES string of the molecule is O=C(O)c1cc(-c2cc3cccc(Cl)c3s2)on1. The Kier molecular flexibility index (Phi) is 2.57. The number of halogens is 1. The molecule has 0 bridgehead atoms. The van der Waals surface area contributed by atoms with E-state index in [4.69, 9.17) is 21.2 Å². The van der Waals surface area contributed by atoms with Gasteiger partial charge in [0.25, 0.3) is 0 Å². The molecular formula is C12H6ClNO3S. The summed E-state index contributed by atoms with van der Waals surface area (Å²) >= 11 is 7.53. The van der Waals surface area contributed by atoms with Crippen LogP contribution in [0.4, 0.5) is 0 Å². The van der Waals surface area contributed by atoms with Gasteiger partial charge in [-0.1, -0.05) is 28.9 Å². The lowest BCUT2D eigenvalue weighted by atomic mass is 10.2. The van der Waals surface area contributed by atoms with Gasteiger partial charge in [0, 0.05) is 6.07 Å². The average Bonchev–Trinajstić information content (AvgIpc) is 2.95. The number of carboxylic acid groups (broad SMARTS) is 1. The van der Waals surface area contributed by atoms with Crippen LogP contribution in [0, 0.1) is 0 Å². The second kappa shape index (κ2) is 4.12. The lowest BCUT2D eigenvalue weighted by Gasteiger charge is -1.89. The molecule has 0 spiro atoms. The number of benzene rings is 1. The highest BCUT2D eigenvalue weighted by Crippen LogP contribution is 2.37. The van der Waals surface area contributed by atoms with Crippen LogP contribution in [0.25, 0.3) is 20.7 Å². The number of aromatic carboxylic acids is 1. The summed E-state index contributed by atoms with van der Waals surface area (Å²) < 4.78 is 5.96. The van der Waals surface area contributed by atoms with Crippen molar-refractivity contribution < 1.29 is 14.4 Å². The first-order valence-electron chi connectivity index (χ1n) is 5.03. The van der Waals surface area contributed by atoms with E-state index in [1.165, 1.54) is 17.4 Å². The Balaban J connectivity index is 2.13. The third-order valence-electron chi connectivity index (χ3n) is 2.47. The highest BCUT2D eigenvalue weighted by atomic mass is 35.5. The fourth-order valence-electron chi connectivity index (χ4n) is 1.64. The number of hydrogen-bond acceptors (Lipinski definition) is 4. The maximum atomic E-state index is 10.7. The molecule has 0 aliphatic carbocycles. The summed E-state index contributed by atoms with van der Waals surface area (Å²) in [6.45, 7) is 0. The molecule has 0 unspecified atom stereocenters. The van der Waals surface area contributed by atoms with Crippen LogP contribution in [0.5, 0.6) is 0 Å². The molecule has 0 aliphatic rings. The zero-order valence-corrected chi connectivity index (χ0v) is 10.5. The Morgan fingerprint density at radius 2 is 2.22 bits per heavy atom. The highest BCUT2D eigenvalue weighted by Gasteiger charge is 2.14. The van der Waals surface area contributed by atoms with E-state index in [2.05, 4.69) is 5.16 Å². The maximum Gasteiger partial charge on any atom is 0.358 e. The predicted octanol–water partition coefficient (Wildman–Crippen LogP) is 3.91. The molecule has 3 aromatic rings. The summed E-state index contributed by atoms with van der Waals surface area (Å²) in [5, 5.41) is 13.9. The van der Waals surface area contributed by atoms with Crippen LogP contribution in [-0.4, -0.2) is 16.2 Å². The lowest BCUT2D eigenvalue weighted by Crippen LogP contribution is -1.94. The van der Waals surface area contributed by atoms with Crippen molar-refractivity contribution in [2.24, 2.45) is 0 Å². The maximum absolute atomic E-state index is 10.7. The molecule has 18 heavy (non-hydrogen) atoms. The molecule has 2 heterocycles. The van der Waals surface area contributed by atoms with Gasteiger partial charge < -0.3 is 9.63 Å². The van der Waals surface area contributed by atoms with Crippen molar-refractivity contribution in [1.82, 2.24) is 5.16 Å². The second-order valence-corrected chi connectivity index (χ2v) is 5.11. The first-order chi connectivity index (χ1) is 8.65. The Morgan fingerprint density at radius 3 is 2.89 bits per heavy atom. The summed E-state index contributed by atoms with van der Waals surface area (Å²) in [4.78, 5) is 11.5. The van der Waals surface area contributed by atoms with Crippen LogP contribution in [0.2, 0.25) is 5.02 Å². The monoisotopic (exact) mass is 279 g/mol. The molecule has 0 aliphatic heterocycles. The molecule has 6 heteroatoms. The van der Waals surface area contributed by atoms with Crippen molar-refractivity contribution in [2.75, 3.05) is 0 Å². The molecule has 1 N–H and O–H groups in total. The summed E-state index contributed by atoms with van der Waals surface area (Å²) in [7, 11) is 0. The van der Waals surface area contributed by atoms with Crippen molar-refractivity contribution in [2.45, 2.75) is 0 Å². The van der Waals surface area contributed by atoms with Crippen molar-refractivity contribution >= 4 is 39.0 Å². The van der Waals surface area contributed by atoms with Gasteiger partial charge in [-0.2, -0.15) is 0 Å². The number of carboxylic acids is 1. The molecule has 90 valence electrons. The first kappa shape index (κ1) is 11.3. The zero-order chi connectivity index (χ0) is 12.7. The van der Waals surface area contributed by atoms with E-state index in [0.29, 0.717) is 10.8 Å². The Bertz CT molecular complexity index is 747. The van der Waals surface area contributed by atoms with E-state index in [0.717, 1.165) is 15.0 Å². The van der Waals surface area contributed by atoms with Gasteiger partial charge in [-0.25, -0.2) is 4.79 Å². The molecule has 0 saturated heterocycles. The van der Waals surface area contributed by atoms with Crippen molar-refractivity contribution in [3.05, 3.63) is 41.0 Å². The van der Waals surface area contributed by atoms with Crippen LogP contribution in [0.1, 0.15) is 10.5 Å². The van der Waals surface area contributed by atoms with Gasteiger partial charge in [-0.15, -0.1) is 11.3 Å². The topological polar surface area (TPSA) is 63.3 Å². The van der Waals surface area contributed by atoms with Crippen molar-refractivity contribution in [3.8, 4) is 10.6 Å². The number of rotatable bonds is 2. The molecule has 0 amide bonds. The van der Waals surface area contributed by atoms with E-state index < -0.39 is 5.97 Å². The lowest BCUT2D eigenvalue weighted by molar-refractivity contribution is 0.0686. The van der Waals surface area contributed by atoms with E-state index in [1.807, 2.05) is 24.3 Å². The Hall–Kier alpha value is -1.85. The molecule has 0 atom stereocenters. The van der Waals surface area contributed by atoms with Crippen LogP contribution in [-0.2, 0) is 0 Å². The largest absolute Gasteiger partial charge is 0.476 e. The van der Waals surface area contributed by atoms with E-state index in [-0.39, 0.29) is 5.69 Å². The van der Waals surface area contributed by atoms with E-state index in [9.17, 15) is 4.79 Å². The summed E-state index contributed by atoms with van der Waals surface area (Å²) in [6, 6.07) is 8.92. The normalized spacial score (nSPS) is 10.9. The van der Waals surface area contributed by atoms with Gasteiger partial charge in [0.2, 0.25) is 0 Å². The molecule has 0 saturated carbocycles. The number of nitrogens with zero attached hydrogens (tertiary/aromatic N) is 1. The number of aromatic nitrogens is 1. The zero-order valence-electron chi connectivity index (χ0n) is 8.88. The number of carbonyl (C=O) groups is 1. The molecule has 1 aromatic carbocycles. The Morgan fingerprint density at radius 1 is 1.39 bits per heavy atom. The fourth-order valence-corrected chi connectivity index (χ4v) is 2.95. The minimum atomic E-state index is -1.11. The van der Waals surface area contributed by atoms with Crippen LogP contribution >= 0.6 is 22.9 Å². The molecular weight excluding hydrogens is 274 g/mol. The van der Waals surface area contributed by atoms with Crippen LogP contribution in [0.3, 0.4) is 0 Å². The minimum Gasteiger partial charge on any atom is -0.476 e. The second-order valence-electron chi connectivity index (χ2n) is 3.65. The number of hydrogen-bond donors (Lipinski definition) is 1. The van der Waals surface area contributed by atoms with E-state index >= 15 is 0 Å². The quantitative estimate of drug-likeness (QED) is 0.772. The summed E-state index contributed by atoms with van der Waals surface area (Å²) in [6.07, 6.45) is 0. The van der Waals surface area contributed by atoms with Gasteiger partial charge in [0.1, 0.15) is 0 Å². The van der Waals surface area contributed by atoms with Crippen molar-refractivity contribution in [1.29, 1.82) is 0 Å². The van der Waals surface area contributed by atoms with Gasteiger partial charge in [-0.3, -0.25) is 0 Å². The molecule has 0 radical (unpaired) electrons. The number of thiophene rings is 1. The number of fused-ring (bicyclic) bond motifs is 1. The highest BCUT2D eigenvalue weighted by molar-refractivity contribution is 7.22. The summed E-state index contributed by atoms with van der Waals surface area (Å²) in [5.41, 5.74) is -0.103. The minimum absolute atomic E-state index is 0.103. The van der Waals surface area contributed by atoms with Gasteiger partial charge in [0.05, 0.1) is 14.6 Å². The third-order valence-corrected chi connectivity index (χ3v) is 4.09. The van der Waals surface area contributed by atoms with Gasteiger partial charge >= 0.3 is 5.97 Å². The summed E-state index contributed by atoms with van der Waals surface area (Å²) in [5.74, 6) is -0.672. The van der Waals surface area contributed by atoms with Gasteiger partial charge in [-0.05, 0) is 17.5 Å². The van der Waals surface area contributed by atoms with Crippen molar-refractivity contribution in [3.63, 3.8) is 0 Å². The predicted molar refractivity (Wildman–Crippen MR) is 69.3 cm³/mol. The molecule has 3 rings (SSSR count). The van der Waals surface area contributed by atoms with Crippen LogP contribution < -0.4 is 0 Å². The fraction of sp³-hybridized carbons (Fsp3) is 0. The molecule has 2 aromatic heterocycles. The smallest absolute Gasteiger partial charge is 0.358 e. The third kappa shape index (κ3) is 1.77. The van der Waals surface area contributed by atoms with Crippen LogP contribution in [0.15, 0.2) is 34.9 Å². The average molecular weight is 280 g/mol. The molecule has 0 fully saturated rings.